The minimum atomic E-state index is -0.192. The summed E-state index contributed by atoms with van der Waals surface area (Å²) in [5, 5.41) is 11.4. The van der Waals surface area contributed by atoms with Crippen molar-refractivity contribution in [2.45, 2.75) is 39.3 Å². The van der Waals surface area contributed by atoms with E-state index in [4.69, 9.17) is 0 Å². The topological polar surface area (TPSA) is 57.5 Å². The summed E-state index contributed by atoms with van der Waals surface area (Å²) in [6.07, 6.45) is 2.13. The van der Waals surface area contributed by atoms with Crippen LogP contribution < -0.4 is 15.5 Å². The van der Waals surface area contributed by atoms with E-state index in [0.29, 0.717) is 6.54 Å². The Morgan fingerprint density at radius 1 is 1.37 bits per heavy atom. The monoisotopic (exact) mass is 372 g/mol. The van der Waals surface area contributed by atoms with Crippen molar-refractivity contribution >= 4 is 11.6 Å². The number of aryl methyl sites for hydroxylation is 2. The van der Waals surface area contributed by atoms with E-state index in [9.17, 15) is 4.39 Å². The Hall–Kier alpha value is -2.57. The summed E-state index contributed by atoms with van der Waals surface area (Å²) < 4.78 is 15.4. The van der Waals surface area contributed by atoms with Crippen LogP contribution in [0.2, 0.25) is 0 Å². The predicted molar refractivity (Wildman–Crippen MR) is 108 cm³/mol. The molecular formula is C20H29FN6. The quantitative estimate of drug-likeness (QED) is 0.640. The van der Waals surface area contributed by atoms with Crippen LogP contribution in [0.3, 0.4) is 0 Å². The summed E-state index contributed by atoms with van der Waals surface area (Å²) in [6, 6.07) is 7.08. The zero-order valence-corrected chi connectivity index (χ0v) is 16.6. The molecule has 0 radical (unpaired) electrons. The van der Waals surface area contributed by atoms with Gasteiger partial charge in [-0.05, 0) is 44.9 Å². The summed E-state index contributed by atoms with van der Waals surface area (Å²) in [5.41, 5.74) is 4.33. The van der Waals surface area contributed by atoms with Gasteiger partial charge in [-0.2, -0.15) is 5.10 Å². The lowest BCUT2D eigenvalue weighted by molar-refractivity contribution is 0.467. The van der Waals surface area contributed by atoms with Gasteiger partial charge < -0.3 is 15.5 Å². The maximum absolute atomic E-state index is 13.5. The number of rotatable bonds is 4. The second-order valence-corrected chi connectivity index (χ2v) is 7.11. The number of nitrogens with one attached hydrogen (secondary N) is 2. The number of aromatic nitrogens is 2. The molecule has 2 heterocycles. The molecule has 0 spiro atoms. The van der Waals surface area contributed by atoms with Gasteiger partial charge in [0.05, 0.1) is 5.69 Å². The van der Waals surface area contributed by atoms with Crippen molar-refractivity contribution in [1.29, 1.82) is 0 Å². The molecule has 3 rings (SSSR count). The van der Waals surface area contributed by atoms with Gasteiger partial charge in [-0.25, -0.2) is 4.39 Å². The molecule has 1 aliphatic rings. The lowest BCUT2D eigenvalue weighted by Gasteiger charge is -2.35. The minimum Gasteiger partial charge on any atom is -0.369 e. The Morgan fingerprint density at radius 2 is 2.19 bits per heavy atom. The van der Waals surface area contributed by atoms with Gasteiger partial charge in [0.15, 0.2) is 5.96 Å². The lowest BCUT2D eigenvalue weighted by Crippen LogP contribution is -2.51. The molecule has 0 bridgehead atoms. The number of guanidine groups is 1. The number of piperidine rings is 1. The Kier molecular flexibility index (Phi) is 5.98. The van der Waals surface area contributed by atoms with Gasteiger partial charge in [0.2, 0.25) is 0 Å². The highest BCUT2D eigenvalue weighted by Crippen LogP contribution is 2.20. The van der Waals surface area contributed by atoms with Crippen LogP contribution in [0, 0.1) is 19.7 Å². The average Bonchev–Trinajstić information content (AvgIpc) is 2.91. The van der Waals surface area contributed by atoms with E-state index in [0.717, 1.165) is 49.0 Å². The van der Waals surface area contributed by atoms with E-state index in [1.807, 2.05) is 24.7 Å². The molecule has 0 aliphatic carbocycles. The Balaban J connectivity index is 1.59. The van der Waals surface area contributed by atoms with Gasteiger partial charge in [-0.15, -0.1) is 0 Å². The molecule has 2 aromatic rings. The van der Waals surface area contributed by atoms with Crippen molar-refractivity contribution in [2.24, 2.45) is 12.0 Å². The standard InChI is InChI=1S/C20H29FN6/c1-14-19(15(2)26(4)25-14)12-23-20(22-3)24-17-8-6-10-27(13-17)18-9-5-7-16(21)11-18/h5,7,9,11,17H,6,8,10,12-13H2,1-4H3,(H2,22,23,24). The molecule has 1 fully saturated rings. The highest BCUT2D eigenvalue weighted by molar-refractivity contribution is 5.80. The number of halogens is 1. The molecule has 1 atom stereocenters. The number of aliphatic imine (C=N–C) groups is 1. The van der Waals surface area contributed by atoms with Crippen LogP contribution in [0.15, 0.2) is 29.3 Å². The largest absolute Gasteiger partial charge is 0.369 e. The molecule has 6 nitrogen and oxygen atoms in total. The summed E-state index contributed by atoms with van der Waals surface area (Å²) in [7, 11) is 3.74. The number of nitrogens with zero attached hydrogens (tertiary/aromatic N) is 4. The second-order valence-electron chi connectivity index (χ2n) is 7.11. The van der Waals surface area contributed by atoms with Gasteiger partial charge in [0.25, 0.3) is 0 Å². The van der Waals surface area contributed by atoms with Crippen LogP contribution in [0.5, 0.6) is 0 Å². The molecular weight excluding hydrogens is 343 g/mol. The van der Waals surface area contributed by atoms with Gasteiger partial charge in [0, 0.05) is 56.7 Å². The maximum Gasteiger partial charge on any atom is 0.191 e. The predicted octanol–water partition coefficient (Wildman–Crippen LogP) is 2.51. The summed E-state index contributed by atoms with van der Waals surface area (Å²) >= 11 is 0. The average molecular weight is 372 g/mol. The number of hydrogen-bond acceptors (Lipinski definition) is 3. The van der Waals surface area contributed by atoms with Crippen molar-refractivity contribution in [1.82, 2.24) is 20.4 Å². The van der Waals surface area contributed by atoms with E-state index in [1.165, 1.54) is 11.6 Å². The first kappa shape index (κ1) is 19.2. The first-order valence-corrected chi connectivity index (χ1v) is 9.44. The Morgan fingerprint density at radius 3 is 2.85 bits per heavy atom. The molecule has 146 valence electrons. The highest BCUT2D eigenvalue weighted by atomic mass is 19.1. The van der Waals surface area contributed by atoms with Crippen molar-refractivity contribution in [3.63, 3.8) is 0 Å². The Labute approximate surface area is 160 Å². The molecule has 27 heavy (non-hydrogen) atoms. The third-order valence-electron chi connectivity index (χ3n) is 5.25. The van der Waals surface area contributed by atoms with Crippen molar-refractivity contribution in [2.75, 3.05) is 25.0 Å². The lowest BCUT2D eigenvalue weighted by atomic mass is 10.0. The first-order chi connectivity index (χ1) is 13.0. The van der Waals surface area contributed by atoms with Crippen LogP contribution in [0.25, 0.3) is 0 Å². The summed E-state index contributed by atoms with van der Waals surface area (Å²) in [5.74, 6) is 0.589. The van der Waals surface area contributed by atoms with Crippen LogP contribution in [0.4, 0.5) is 10.1 Å². The van der Waals surface area contributed by atoms with Crippen molar-refractivity contribution in [3.8, 4) is 0 Å². The molecule has 1 unspecified atom stereocenters. The van der Waals surface area contributed by atoms with E-state index >= 15 is 0 Å². The van der Waals surface area contributed by atoms with Crippen LogP contribution >= 0.6 is 0 Å². The van der Waals surface area contributed by atoms with E-state index in [2.05, 4.69) is 32.5 Å². The molecule has 1 aliphatic heterocycles. The first-order valence-electron chi connectivity index (χ1n) is 9.44. The van der Waals surface area contributed by atoms with Crippen LogP contribution in [-0.2, 0) is 13.6 Å². The second kappa shape index (κ2) is 8.41. The van der Waals surface area contributed by atoms with Crippen molar-refractivity contribution < 1.29 is 4.39 Å². The zero-order valence-electron chi connectivity index (χ0n) is 16.6. The number of hydrogen-bond donors (Lipinski definition) is 2. The summed E-state index contributed by atoms with van der Waals surface area (Å²) in [4.78, 5) is 6.59. The van der Waals surface area contributed by atoms with E-state index in [-0.39, 0.29) is 11.9 Å². The number of benzene rings is 1. The maximum atomic E-state index is 13.5. The highest BCUT2D eigenvalue weighted by Gasteiger charge is 2.21. The molecule has 7 heteroatoms. The van der Waals surface area contributed by atoms with Crippen LogP contribution in [-0.4, -0.2) is 41.9 Å². The molecule has 0 saturated carbocycles. The van der Waals surface area contributed by atoms with Gasteiger partial charge >= 0.3 is 0 Å². The smallest absolute Gasteiger partial charge is 0.191 e. The fourth-order valence-electron chi connectivity index (χ4n) is 3.64. The Bertz CT molecular complexity index is 813. The van der Waals surface area contributed by atoms with E-state index < -0.39 is 0 Å². The fraction of sp³-hybridized carbons (Fsp3) is 0.500. The zero-order chi connectivity index (χ0) is 19.4. The number of anilines is 1. The minimum absolute atomic E-state index is 0.192. The fourth-order valence-corrected chi connectivity index (χ4v) is 3.64. The third-order valence-corrected chi connectivity index (χ3v) is 5.25. The van der Waals surface area contributed by atoms with Gasteiger partial charge in [-0.1, -0.05) is 6.07 Å². The molecule has 0 amide bonds. The molecule has 1 aromatic heterocycles. The molecule has 2 N–H and O–H groups in total. The normalized spacial score (nSPS) is 17.9. The van der Waals surface area contributed by atoms with Crippen LogP contribution in [0.1, 0.15) is 29.8 Å². The summed E-state index contributed by atoms with van der Waals surface area (Å²) in [6.45, 7) is 6.56. The van der Waals surface area contributed by atoms with Crippen molar-refractivity contribution in [3.05, 3.63) is 47.0 Å². The molecule has 1 saturated heterocycles. The third kappa shape index (κ3) is 4.59. The van der Waals surface area contributed by atoms with Gasteiger partial charge in [-0.3, -0.25) is 9.67 Å². The van der Waals surface area contributed by atoms with Gasteiger partial charge in [0.1, 0.15) is 5.82 Å². The van der Waals surface area contributed by atoms with E-state index in [1.54, 1.807) is 19.2 Å². The SMILES string of the molecule is CN=C(NCc1c(C)nn(C)c1C)NC1CCCN(c2cccc(F)c2)C1. The molecule has 1 aromatic carbocycles.